The van der Waals surface area contributed by atoms with E-state index >= 15 is 0 Å². The summed E-state index contributed by atoms with van der Waals surface area (Å²) in [4.78, 5) is 9.13. The fourth-order valence-electron chi connectivity index (χ4n) is 2.27. The lowest BCUT2D eigenvalue weighted by Gasteiger charge is -2.22. The van der Waals surface area contributed by atoms with Crippen molar-refractivity contribution in [1.29, 1.82) is 5.26 Å². The van der Waals surface area contributed by atoms with Gasteiger partial charge in [0.2, 0.25) is 10.0 Å². The number of halogens is 5. The minimum Gasteiger partial charge on any atom is -0.480 e. The van der Waals surface area contributed by atoms with Crippen molar-refractivity contribution in [1.82, 2.24) is 4.31 Å². The molecular weight excluding hydrogens is 428 g/mol. The Morgan fingerprint density at radius 1 is 1.11 bits per heavy atom. The molecule has 1 N–H and O–H groups in total. The van der Waals surface area contributed by atoms with Gasteiger partial charge in [-0.1, -0.05) is 29.8 Å². The Kier molecular flexibility index (Phi) is 6.28. The average molecular weight is 437 g/mol. The molecule has 0 aliphatic carbocycles. The number of carboxylic acids is 1. The summed E-state index contributed by atoms with van der Waals surface area (Å²) in [6.45, 7) is -2.06. The van der Waals surface area contributed by atoms with Crippen LogP contribution in [0.25, 0.3) is 0 Å². The summed E-state index contributed by atoms with van der Waals surface area (Å²) in [7, 11) is -5.34. The highest BCUT2D eigenvalue weighted by Gasteiger charge is 2.37. The van der Waals surface area contributed by atoms with Crippen LogP contribution < -0.4 is 0 Å². The van der Waals surface area contributed by atoms with Crippen molar-refractivity contribution < 1.29 is 35.9 Å². The monoisotopic (exact) mass is 436 g/mol. The lowest BCUT2D eigenvalue weighted by molar-refractivity contribution is -0.137. The zero-order chi connectivity index (χ0) is 21.2. The Morgan fingerprint density at radius 2 is 1.71 bits per heavy atom. The van der Waals surface area contributed by atoms with Crippen LogP contribution in [0.4, 0.5) is 17.6 Å². The number of benzene rings is 2. The molecular formula is C16H9ClF4N2O4S. The molecule has 148 valence electrons. The fraction of sp³-hybridized carbons (Fsp3) is 0.125. The van der Waals surface area contributed by atoms with E-state index in [1.165, 1.54) is 24.3 Å². The molecule has 0 amide bonds. The van der Waals surface area contributed by atoms with Gasteiger partial charge in [-0.2, -0.15) is 9.57 Å². The SMILES string of the molecule is N#Cc1ccccc1CN(CC(=O)O)S(=O)(=O)c1c(F)c(F)c(F)c(Cl)c1F. The summed E-state index contributed by atoms with van der Waals surface area (Å²) in [6.07, 6.45) is 0. The fourth-order valence-corrected chi connectivity index (χ4v) is 4.00. The van der Waals surface area contributed by atoms with Gasteiger partial charge in [0.25, 0.3) is 0 Å². The lowest BCUT2D eigenvalue weighted by atomic mass is 10.1. The summed E-state index contributed by atoms with van der Waals surface area (Å²) in [5.41, 5.74) is -0.0123. The van der Waals surface area contributed by atoms with Crippen molar-refractivity contribution in [3.63, 3.8) is 0 Å². The van der Waals surface area contributed by atoms with Gasteiger partial charge in [0.05, 0.1) is 11.6 Å². The minimum atomic E-state index is -5.34. The maximum atomic E-state index is 14.2. The van der Waals surface area contributed by atoms with Crippen LogP contribution in [0.2, 0.25) is 5.02 Å². The number of hydrogen-bond donors (Lipinski definition) is 1. The molecule has 28 heavy (non-hydrogen) atoms. The molecule has 0 aliphatic rings. The molecule has 0 bridgehead atoms. The van der Waals surface area contributed by atoms with Gasteiger partial charge < -0.3 is 5.11 Å². The van der Waals surface area contributed by atoms with E-state index in [-0.39, 0.29) is 15.4 Å². The standard InChI is InChI=1S/C16H9ClF4N2O4S/c17-11-12(18)14(20)15(21)16(13(11)19)28(26,27)23(7-10(24)25)6-9-4-2-1-3-8(9)5-22/h1-4H,6-7H2,(H,24,25). The molecule has 2 aromatic rings. The highest BCUT2D eigenvalue weighted by molar-refractivity contribution is 7.89. The summed E-state index contributed by atoms with van der Waals surface area (Å²) in [5, 5.41) is 16.4. The number of hydrogen-bond acceptors (Lipinski definition) is 4. The number of nitriles is 1. The number of sulfonamides is 1. The van der Waals surface area contributed by atoms with E-state index in [2.05, 4.69) is 0 Å². The second kappa shape index (κ2) is 8.14. The Hall–Kier alpha value is -2.68. The molecule has 0 spiro atoms. The molecule has 0 saturated carbocycles. The molecule has 0 aromatic heterocycles. The van der Waals surface area contributed by atoms with Crippen molar-refractivity contribution in [2.24, 2.45) is 0 Å². The molecule has 12 heteroatoms. The second-order valence-electron chi connectivity index (χ2n) is 5.33. The third kappa shape index (κ3) is 3.94. The molecule has 0 saturated heterocycles. The van der Waals surface area contributed by atoms with Gasteiger partial charge in [-0.3, -0.25) is 4.79 Å². The van der Waals surface area contributed by atoms with Gasteiger partial charge in [0.15, 0.2) is 28.2 Å². The van der Waals surface area contributed by atoms with Crippen LogP contribution in [0.3, 0.4) is 0 Å². The number of aliphatic carboxylic acids is 1. The van der Waals surface area contributed by atoms with Crippen LogP contribution in [0.15, 0.2) is 29.2 Å². The van der Waals surface area contributed by atoms with Crippen LogP contribution in [0, 0.1) is 34.6 Å². The molecule has 0 radical (unpaired) electrons. The molecule has 0 heterocycles. The molecule has 0 unspecified atom stereocenters. The summed E-state index contributed by atoms with van der Waals surface area (Å²) < 4.78 is 80.7. The zero-order valence-corrected chi connectivity index (χ0v) is 15.2. The van der Waals surface area contributed by atoms with Crippen LogP contribution in [0.1, 0.15) is 11.1 Å². The number of carboxylic acid groups (broad SMARTS) is 1. The van der Waals surface area contributed by atoms with Gasteiger partial charge in [-0.05, 0) is 11.6 Å². The maximum absolute atomic E-state index is 14.2. The van der Waals surface area contributed by atoms with Gasteiger partial charge in [0.1, 0.15) is 11.6 Å². The Bertz CT molecular complexity index is 1070. The quantitative estimate of drug-likeness (QED) is 0.426. The molecule has 6 nitrogen and oxygen atoms in total. The molecule has 2 aromatic carbocycles. The largest absolute Gasteiger partial charge is 0.480 e. The first kappa shape index (κ1) is 21.6. The average Bonchev–Trinajstić information content (AvgIpc) is 2.64. The molecule has 0 aliphatic heterocycles. The second-order valence-corrected chi connectivity index (χ2v) is 7.59. The van der Waals surface area contributed by atoms with E-state index in [4.69, 9.17) is 22.0 Å². The Labute approximate surface area is 161 Å². The zero-order valence-electron chi connectivity index (χ0n) is 13.6. The van der Waals surface area contributed by atoms with Crippen molar-refractivity contribution >= 4 is 27.6 Å². The van der Waals surface area contributed by atoms with Gasteiger partial charge in [-0.25, -0.2) is 26.0 Å². The van der Waals surface area contributed by atoms with E-state index in [0.717, 1.165) is 0 Å². The van der Waals surface area contributed by atoms with Crippen molar-refractivity contribution in [2.75, 3.05) is 6.54 Å². The van der Waals surface area contributed by atoms with Crippen molar-refractivity contribution in [3.8, 4) is 6.07 Å². The van der Waals surface area contributed by atoms with E-state index in [1.54, 1.807) is 6.07 Å². The van der Waals surface area contributed by atoms with E-state index in [1.807, 2.05) is 0 Å². The van der Waals surface area contributed by atoms with Crippen LogP contribution in [-0.2, 0) is 21.4 Å². The Balaban J connectivity index is 2.68. The van der Waals surface area contributed by atoms with E-state index < -0.39 is 62.3 Å². The third-order valence-electron chi connectivity index (χ3n) is 3.56. The van der Waals surface area contributed by atoms with Crippen molar-refractivity contribution in [3.05, 3.63) is 63.7 Å². The van der Waals surface area contributed by atoms with Crippen LogP contribution >= 0.6 is 11.6 Å². The van der Waals surface area contributed by atoms with E-state index in [0.29, 0.717) is 0 Å². The van der Waals surface area contributed by atoms with E-state index in [9.17, 15) is 30.8 Å². The topological polar surface area (TPSA) is 98.5 Å². The number of rotatable bonds is 6. The summed E-state index contributed by atoms with van der Waals surface area (Å²) in [5.74, 6) is -10.7. The van der Waals surface area contributed by atoms with Crippen LogP contribution in [0.5, 0.6) is 0 Å². The first-order valence-corrected chi connectivity index (χ1v) is 9.05. The maximum Gasteiger partial charge on any atom is 0.318 e. The van der Waals surface area contributed by atoms with Crippen LogP contribution in [-0.4, -0.2) is 30.3 Å². The first-order valence-electron chi connectivity index (χ1n) is 7.23. The third-order valence-corrected chi connectivity index (χ3v) is 5.71. The first-order chi connectivity index (χ1) is 13.0. The Morgan fingerprint density at radius 3 is 2.29 bits per heavy atom. The minimum absolute atomic E-state index is 0.0179. The normalized spacial score (nSPS) is 11.5. The van der Waals surface area contributed by atoms with Crippen molar-refractivity contribution in [2.45, 2.75) is 11.4 Å². The number of carbonyl (C=O) groups is 1. The summed E-state index contributed by atoms with van der Waals surface area (Å²) in [6, 6.07) is 7.20. The molecule has 2 rings (SSSR count). The van der Waals surface area contributed by atoms with Gasteiger partial charge in [0, 0.05) is 6.54 Å². The summed E-state index contributed by atoms with van der Waals surface area (Å²) >= 11 is 5.19. The predicted octanol–water partition coefficient (Wildman–Crippen LogP) is 3.04. The highest BCUT2D eigenvalue weighted by Crippen LogP contribution is 2.33. The highest BCUT2D eigenvalue weighted by atomic mass is 35.5. The lowest BCUT2D eigenvalue weighted by Crippen LogP contribution is -2.36. The molecule has 0 fully saturated rings. The smallest absolute Gasteiger partial charge is 0.318 e. The number of nitrogens with zero attached hydrogens (tertiary/aromatic N) is 2. The van der Waals surface area contributed by atoms with Gasteiger partial charge >= 0.3 is 5.97 Å². The van der Waals surface area contributed by atoms with Gasteiger partial charge in [-0.15, -0.1) is 0 Å². The molecule has 0 atom stereocenters. The predicted molar refractivity (Wildman–Crippen MR) is 87.7 cm³/mol.